The maximum atomic E-state index is 3.62. The summed E-state index contributed by atoms with van der Waals surface area (Å²) in [4.78, 5) is 2.66. The second-order valence-corrected chi connectivity index (χ2v) is 4.63. The summed E-state index contributed by atoms with van der Waals surface area (Å²) in [6, 6.07) is 1.62. The number of nitrogens with one attached hydrogen (secondary N) is 1. The van der Waals surface area contributed by atoms with Crippen molar-refractivity contribution in [3.63, 3.8) is 0 Å². The molecule has 0 aromatic heterocycles. The molecular weight excluding hydrogens is 160 g/mol. The molecule has 0 bridgehead atoms. The number of hydrogen-bond donors (Lipinski definition) is 1. The van der Waals surface area contributed by atoms with Crippen molar-refractivity contribution in [3.8, 4) is 0 Å². The molecule has 2 nitrogen and oxygen atoms in total. The molecular formula is C11H22N2. The molecule has 2 aliphatic heterocycles. The maximum absolute atomic E-state index is 3.62. The molecule has 2 heteroatoms. The Morgan fingerprint density at radius 3 is 2.77 bits per heavy atom. The standard InChI is InChI=1S/C11H22N2/c1-10-5-4-8-13(10)9-11-6-2-3-7-12-11/h10-12H,2-9H2,1H3. The zero-order chi connectivity index (χ0) is 9.10. The van der Waals surface area contributed by atoms with Crippen LogP contribution >= 0.6 is 0 Å². The minimum Gasteiger partial charge on any atom is -0.313 e. The van der Waals surface area contributed by atoms with E-state index in [9.17, 15) is 0 Å². The number of nitrogens with zero attached hydrogens (tertiary/aromatic N) is 1. The van der Waals surface area contributed by atoms with Crippen LogP contribution in [-0.4, -0.2) is 36.6 Å². The molecule has 2 unspecified atom stereocenters. The quantitative estimate of drug-likeness (QED) is 0.698. The van der Waals surface area contributed by atoms with Gasteiger partial charge in [-0.05, 0) is 45.7 Å². The summed E-state index contributed by atoms with van der Waals surface area (Å²) in [5, 5.41) is 3.62. The summed E-state index contributed by atoms with van der Waals surface area (Å²) in [7, 11) is 0. The van der Waals surface area contributed by atoms with Gasteiger partial charge >= 0.3 is 0 Å². The van der Waals surface area contributed by atoms with E-state index in [0.29, 0.717) is 0 Å². The molecule has 0 aliphatic carbocycles. The van der Waals surface area contributed by atoms with Gasteiger partial charge in [0.05, 0.1) is 0 Å². The lowest BCUT2D eigenvalue weighted by Gasteiger charge is -2.30. The van der Waals surface area contributed by atoms with Crippen molar-refractivity contribution in [3.05, 3.63) is 0 Å². The van der Waals surface area contributed by atoms with Crippen LogP contribution < -0.4 is 5.32 Å². The SMILES string of the molecule is CC1CCCN1CC1CCCCN1. The van der Waals surface area contributed by atoms with Crippen LogP contribution in [0.4, 0.5) is 0 Å². The molecule has 0 aromatic carbocycles. The van der Waals surface area contributed by atoms with Gasteiger partial charge < -0.3 is 5.32 Å². The minimum absolute atomic E-state index is 0.786. The van der Waals surface area contributed by atoms with Crippen molar-refractivity contribution in [1.29, 1.82) is 0 Å². The average molecular weight is 182 g/mol. The summed E-state index contributed by atoms with van der Waals surface area (Å²) in [5.41, 5.74) is 0. The number of rotatable bonds is 2. The lowest BCUT2D eigenvalue weighted by molar-refractivity contribution is 0.219. The predicted molar refractivity (Wildman–Crippen MR) is 55.9 cm³/mol. The Hall–Kier alpha value is -0.0800. The van der Waals surface area contributed by atoms with Gasteiger partial charge in [-0.1, -0.05) is 6.42 Å². The number of likely N-dealkylation sites (tertiary alicyclic amines) is 1. The van der Waals surface area contributed by atoms with Crippen molar-refractivity contribution < 1.29 is 0 Å². The molecule has 2 fully saturated rings. The lowest BCUT2D eigenvalue weighted by atomic mass is 10.0. The first-order valence-corrected chi connectivity index (χ1v) is 5.83. The smallest absolute Gasteiger partial charge is 0.0195 e. The molecule has 0 saturated carbocycles. The third-order valence-corrected chi connectivity index (χ3v) is 3.56. The van der Waals surface area contributed by atoms with Crippen molar-refractivity contribution in [2.24, 2.45) is 0 Å². The first-order chi connectivity index (χ1) is 6.36. The zero-order valence-corrected chi connectivity index (χ0v) is 8.76. The van der Waals surface area contributed by atoms with E-state index in [4.69, 9.17) is 0 Å². The largest absolute Gasteiger partial charge is 0.313 e. The van der Waals surface area contributed by atoms with Crippen LogP contribution in [-0.2, 0) is 0 Å². The van der Waals surface area contributed by atoms with Crippen LogP contribution in [0.15, 0.2) is 0 Å². The van der Waals surface area contributed by atoms with E-state index in [1.807, 2.05) is 0 Å². The molecule has 2 saturated heterocycles. The fourth-order valence-electron chi connectivity index (χ4n) is 2.63. The van der Waals surface area contributed by atoms with Crippen molar-refractivity contribution in [2.45, 2.75) is 51.1 Å². The fraction of sp³-hybridized carbons (Fsp3) is 1.00. The Morgan fingerprint density at radius 1 is 1.23 bits per heavy atom. The molecule has 13 heavy (non-hydrogen) atoms. The van der Waals surface area contributed by atoms with Gasteiger partial charge in [0, 0.05) is 18.6 Å². The maximum Gasteiger partial charge on any atom is 0.0195 e. The molecule has 2 atom stereocenters. The Bertz CT molecular complexity index is 152. The normalized spacial score (nSPS) is 36.7. The van der Waals surface area contributed by atoms with E-state index in [2.05, 4.69) is 17.1 Å². The molecule has 0 amide bonds. The van der Waals surface area contributed by atoms with Gasteiger partial charge in [-0.2, -0.15) is 0 Å². The Morgan fingerprint density at radius 2 is 2.15 bits per heavy atom. The molecule has 1 N–H and O–H groups in total. The lowest BCUT2D eigenvalue weighted by Crippen LogP contribution is -2.44. The van der Waals surface area contributed by atoms with Crippen molar-refractivity contribution >= 4 is 0 Å². The Kier molecular flexibility index (Phi) is 3.23. The Labute approximate surface area is 81.7 Å². The van der Waals surface area contributed by atoms with Gasteiger partial charge in [0.1, 0.15) is 0 Å². The molecule has 0 aromatic rings. The average Bonchev–Trinajstić information content (AvgIpc) is 2.54. The van der Waals surface area contributed by atoms with E-state index in [-0.39, 0.29) is 0 Å². The van der Waals surface area contributed by atoms with Crippen molar-refractivity contribution in [2.75, 3.05) is 19.6 Å². The minimum atomic E-state index is 0.786. The highest BCUT2D eigenvalue weighted by atomic mass is 15.2. The molecule has 2 rings (SSSR count). The van der Waals surface area contributed by atoms with E-state index >= 15 is 0 Å². The van der Waals surface area contributed by atoms with Crippen LogP contribution in [0.2, 0.25) is 0 Å². The van der Waals surface area contributed by atoms with E-state index in [1.165, 1.54) is 51.7 Å². The van der Waals surface area contributed by atoms with E-state index < -0.39 is 0 Å². The zero-order valence-electron chi connectivity index (χ0n) is 8.76. The molecule has 76 valence electrons. The summed E-state index contributed by atoms with van der Waals surface area (Å²) < 4.78 is 0. The van der Waals surface area contributed by atoms with Crippen molar-refractivity contribution in [1.82, 2.24) is 10.2 Å². The van der Waals surface area contributed by atoms with Gasteiger partial charge in [0.15, 0.2) is 0 Å². The summed E-state index contributed by atoms with van der Waals surface area (Å²) >= 11 is 0. The van der Waals surface area contributed by atoms with Gasteiger partial charge in [-0.15, -0.1) is 0 Å². The van der Waals surface area contributed by atoms with Crippen LogP contribution in [0.25, 0.3) is 0 Å². The molecule has 2 aliphatic rings. The summed E-state index contributed by atoms with van der Waals surface area (Å²) in [6.07, 6.45) is 7.02. The van der Waals surface area contributed by atoms with Gasteiger partial charge in [-0.3, -0.25) is 4.90 Å². The van der Waals surface area contributed by atoms with Gasteiger partial charge in [-0.25, -0.2) is 0 Å². The first kappa shape index (κ1) is 9.47. The highest BCUT2D eigenvalue weighted by Crippen LogP contribution is 2.18. The molecule has 2 heterocycles. The summed E-state index contributed by atoms with van der Waals surface area (Å²) in [5.74, 6) is 0. The monoisotopic (exact) mass is 182 g/mol. The third-order valence-electron chi connectivity index (χ3n) is 3.56. The van der Waals surface area contributed by atoms with E-state index in [0.717, 1.165) is 12.1 Å². The van der Waals surface area contributed by atoms with Crippen LogP contribution in [0.1, 0.15) is 39.0 Å². The second-order valence-electron chi connectivity index (χ2n) is 4.63. The highest BCUT2D eigenvalue weighted by Gasteiger charge is 2.23. The number of hydrogen-bond acceptors (Lipinski definition) is 2. The fourth-order valence-corrected chi connectivity index (χ4v) is 2.63. The predicted octanol–water partition coefficient (Wildman–Crippen LogP) is 1.61. The third kappa shape index (κ3) is 2.44. The highest BCUT2D eigenvalue weighted by molar-refractivity contribution is 4.82. The second kappa shape index (κ2) is 4.43. The van der Waals surface area contributed by atoms with Crippen LogP contribution in [0.3, 0.4) is 0 Å². The molecule has 0 radical (unpaired) electrons. The van der Waals surface area contributed by atoms with Crippen LogP contribution in [0, 0.1) is 0 Å². The number of piperidine rings is 1. The summed E-state index contributed by atoms with van der Waals surface area (Å²) in [6.45, 7) is 6.24. The molecule has 0 spiro atoms. The Balaban J connectivity index is 1.75. The van der Waals surface area contributed by atoms with E-state index in [1.54, 1.807) is 0 Å². The van der Waals surface area contributed by atoms with Gasteiger partial charge in [0.2, 0.25) is 0 Å². The topological polar surface area (TPSA) is 15.3 Å². The first-order valence-electron chi connectivity index (χ1n) is 5.83. The van der Waals surface area contributed by atoms with Crippen LogP contribution in [0.5, 0.6) is 0 Å². The van der Waals surface area contributed by atoms with Gasteiger partial charge in [0.25, 0.3) is 0 Å².